The molecule has 140 valence electrons. The average Bonchev–Trinajstić information content (AvgIpc) is 3.03. The van der Waals surface area contributed by atoms with Crippen molar-refractivity contribution in [2.45, 2.75) is 18.1 Å². The van der Waals surface area contributed by atoms with Crippen molar-refractivity contribution in [3.05, 3.63) is 52.8 Å². The molecule has 27 heavy (non-hydrogen) atoms. The molecule has 0 saturated carbocycles. The third-order valence-electron chi connectivity index (χ3n) is 5.59. The molecule has 7 heteroatoms. The lowest BCUT2D eigenvalue weighted by Gasteiger charge is -2.46. The minimum Gasteiger partial charge on any atom is -0.487 e. The van der Waals surface area contributed by atoms with Gasteiger partial charge in [-0.1, -0.05) is 17.7 Å². The van der Waals surface area contributed by atoms with Gasteiger partial charge in [0.05, 0.1) is 6.61 Å². The lowest BCUT2D eigenvalue weighted by molar-refractivity contribution is -0.0732. The fourth-order valence-electron chi connectivity index (χ4n) is 4.38. The number of fused-ring (bicyclic) bond motifs is 4. The van der Waals surface area contributed by atoms with Gasteiger partial charge in [0, 0.05) is 23.1 Å². The first-order chi connectivity index (χ1) is 13.0. The highest BCUT2D eigenvalue weighted by atomic mass is 35.5. The Hall–Kier alpha value is -2.31. The van der Waals surface area contributed by atoms with Gasteiger partial charge < -0.3 is 19.9 Å². The molecule has 1 spiro atoms. The maximum atomic E-state index is 13.8. The largest absolute Gasteiger partial charge is 0.487 e. The van der Waals surface area contributed by atoms with E-state index in [9.17, 15) is 4.39 Å². The molecule has 0 aliphatic carbocycles. The summed E-state index contributed by atoms with van der Waals surface area (Å²) in [5, 5.41) is 0.352. The Bertz CT molecular complexity index is 931. The summed E-state index contributed by atoms with van der Waals surface area (Å²) in [5.41, 5.74) is 7.73. The molecule has 3 aliphatic heterocycles. The van der Waals surface area contributed by atoms with Crippen LogP contribution >= 0.6 is 11.6 Å². The van der Waals surface area contributed by atoms with Crippen molar-refractivity contribution in [3.63, 3.8) is 0 Å². The zero-order valence-corrected chi connectivity index (χ0v) is 15.2. The Morgan fingerprint density at radius 3 is 2.85 bits per heavy atom. The predicted octanol–water partition coefficient (Wildman–Crippen LogP) is 3.48. The summed E-state index contributed by atoms with van der Waals surface area (Å²) >= 11 is 6.04. The van der Waals surface area contributed by atoms with Gasteiger partial charge in [-0.25, -0.2) is 9.38 Å². The van der Waals surface area contributed by atoms with Gasteiger partial charge in [-0.3, -0.25) is 0 Å². The minimum absolute atomic E-state index is 0.0982. The molecule has 5 nitrogen and oxygen atoms in total. The summed E-state index contributed by atoms with van der Waals surface area (Å²) in [6.45, 7) is 1.53. The number of hydrogen-bond acceptors (Lipinski definition) is 5. The van der Waals surface area contributed by atoms with Crippen LogP contribution in [0.15, 0.2) is 41.4 Å². The van der Waals surface area contributed by atoms with Crippen molar-refractivity contribution in [1.29, 1.82) is 0 Å². The second-order valence-electron chi connectivity index (χ2n) is 7.16. The third-order valence-corrected chi connectivity index (χ3v) is 5.81. The molecule has 0 aromatic heterocycles. The fourth-order valence-corrected chi connectivity index (χ4v) is 4.60. The number of benzene rings is 2. The highest BCUT2D eigenvalue weighted by Gasteiger charge is 2.54. The van der Waals surface area contributed by atoms with Crippen LogP contribution in [0.4, 0.5) is 4.39 Å². The quantitative estimate of drug-likeness (QED) is 0.812. The van der Waals surface area contributed by atoms with Gasteiger partial charge in [0.15, 0.2) is 0 Å². The first-order valence-electron chi connectivity index (χ1n) is 8.89. The highest BCUT2D eigenvalue weighted by Crippen LogP contribution is 2.51. The van der Waals surface area contributed by atoms with E-state index >= 15 is 0 Å². The lowest BCUT2D eigenvalue weighted by Crippen LogP contribution is -2.52. The number of halogens is 2. The van der Waals surface area contributed by atoms with E-state index in [1.807, 2.05) is 18.2 Å². The number of hydrogen-bond donors (Lipinski definition) is 1. The summed E-state index contributed by atoms with van der Waals surface area (Å²) < 4.78 is 31.2. The van der Waals surface area contributed by atoms with Crippen LogP contribution < -0.4 is 10.5 Å². The molecule has 5 rings (SSSR count). The maximum Gasteiger partial charge on any atom is 0.283 e. The molecule has 1 fully saturated rings. The van der Waals surface area contributed by atoms with Gasteiger partial charge in [0.2, 0.25) is 0 Å². The summed E-state index contributed by atoms with van der Waals surface area (Å²) in [5.74, 6) is 0.457. The summed E-state index contributed by atoms with van der Waals surface area (Å²) in [4.78, 5) is 4.71. The Kier molecular flexibility index (Phi) is 3.81. The SMILES string of the molecule is NC1=N[C@@]2(CO1)c1cc(-c3cc(F)cc(Cl)c3)ccc1O[C@H]1COCC[C@@H]12. The minimum atomic E-state index is -0.612. The standard InChI is InChI=1S/C20H18ClFN2O3/c21-13-5-12(6-14(22)8-13)11-1-2-17-16(7-11)20(10-26-19(23)24-20)15-3-4-25-9-18(15)27-17/h1-2,5-8,15,18H,3-4,9-10H2,(H2,23,24)/t15-,18-,20+/m0/s1. The molecule has 1 saturated heterocycles. The van der Waals surface area contributed by atoms with Gasteiger partial charge >= 0.3 is 0 Å². The van der Waals surface area contributed by atoms with Crippen molar-refractivity contribution < 1.29 is 18.6 Å². The maximum absolute atomic E-state index is 13.8. The zero-order chi connectivity index (χ0) is 18.6. The number of ether oxygens (including phenoxy) is 3. The van der Waals surface area contributed by atoms with Gasteiger partial charge in [-0.05, 0) is 47.9 Å². The molecular weight excluding hydrogens is 371 g/mol. The monoisotopic (exact) mass is 388 g/mol. The van der Waals surface area contributed by atoms with E-state index in [0.717, 1.165) is 23.3 Å². The molecule has 2 aromatic carbocycles. The number of nitrogens with zero attached hydrogens (tertiary/aromatic N) is 1. The van der Waals surface area contributed by atoms with Crippen LogP contribution in [-0.2, 0) is 15.0 Å². The van der Waals surface area contributed by atoms with E-state index in [0.29, 0.717) is 30.4 Å². The Balaban J connectivity index is 1.67. The smallest absolute Gasteiger partial charge is 0.283 e. The molecule has 2 aromatic rings. The van der Waals surface area contributed by atoms with Crippen LogP contribution in [0.25, 0.3) is 11.1 Å². The first kappa shape index (κ1) is 16.8. The van der Waals surface area contributed by atoms with E-state index in [4.69, 9.17) is 36.5 Å². The van der Waals surface area contributed by atoms with Crippen LogP contribution in [0.1, 0.15) is 12.0 Å². The Morgan fingerprint density at radius 2 is 2.07 bits per heavy atom. The zero-order valence-electron chi connectivity index (χ0n) is 14.5. The Labute approximate surface area is 160 Å². The van der Waals surface area contributed by atoms with Crippen molar-refractivity contribution in [3.8, 4) is 16.9 Å². The van der Waals surface area contributed by atoms with E-state index < -0.39 is 5.54 Å². The normalized spacial score (nSPS) is 28.7. The number of nitrogens with two attached hydrogens (primary N) is 1. The molecule has 3 aliphatic rings. The average molecular weight is 389 g/mol. The molecule has 2 N–H and O–H groups in total. The first-order valence-corrected chi connectivity index (χ1v) is 9.26. The Morgan fingerprint density at radius 1 is 1.19 bits per heavy atom. The van der Waals surface area contributed by atoms with Crippen molar-refractivity contribution in [1.82, 2.24) is 0 Å². The second-order valence-corrected chi connectivity index (χ2v) is 7.59. The van der Waals surface area contributed by atoms with E-state index in [1.54, 1.807) is 6.07 Å². The van der Waals surface area contributed by atoms with Gasteiger partial charge in [-0.15, -0.1) is 0 Å². The van der Waals surface area contributed by atoms with Gasteiger partial charge in [0.1, 0.15) is 29.8 Å². The van der Waals surface area contributed by atoms with Crippen molar-refractivity contribution in [2.24, 2.45) is 16.6 Å². The predicted molar refractivity (Wildman–Crippen MR) is 99.4 cm³/mol. The second kappa shape index (κ2) is 6.11. The van der Waals surface area contributed by atoms with Crippen LogP contribution in [0, 0.1) is 11.7 Å². The highest BCUT2D eigenvalue weighted by molar-refractivity contribution is 6.30. The molecular formula is C20H18ClFN2O3. The fraction of sp³-hybridized carbons (Fsp3) is 0.350. The molecule has 0 radical (unpaired) electrons. The summed E-state index contributed by atoms with van der Waals surface area (Å²) in [7, 11) is 0. The summed E-state index contributed by atoms with van der Waals surface area (Å²) in [6, 6.07) is 10.4. The molecule has 0 bridgehead atoms. The molecule has 0 unspecified atom stereocenters. The van der Waals surface area contributed by atoms with Crippen molar-refractivity contribution >= 4 is 17.6 Å². The molecule has 0 amide bonds. The number of aliphatic imine (C=N–C) groups is 1. The van der Waals surface area contributed by atoms with Gasteiger partial charge in [0.25, 0.3) is 6.02 Å². The number of amidine groups is 1. The third kappa shape index (κ3) is 2.66. The van der Waals surface area contributed by atoms with Gasteiger partial charge in [-0.2, -0.15) is 0 Å². The van der Waals surface area contributed by atoms with Crippen LogP contribution in [0.5, 0.6) is 5.75 Å². The van der Waals surface area contributed by atoms with Crippen molar-refractivity contribution in [2.75, 3.05) is 19.8 Å². The lowest BCUT2D eigenvalue weighted by atomic mass is 9.71. The van der Waals surface area contributed by atoms with Crippen LogP contribution in [0.2, 0.25) is 5.02 Å². The topological polar surface area (TPSA) is 66.1 Å². The van der Waals surface area contributed by atoms with Crippen LogP contribution in [0.3, 0.4) is 0 Å². The molecule has 3 heterocycles. The number of rotatable bonds is 1. The molecule has 3 atom stereocenters. The van der Waals surface area contributed by atoms with E-state index in [-0.39, 0.29) is 23.9 Å². The summed E-state index contributed by atoms with van der Waals surface area (Å²) in [6.07, 6.45) is 0.708. The van der Waals surface area contributed by atoms with Crippen LogP contribution in [-0.4, -0.2) is 31.9 Å². The van der Waals surface area contributed by atoms with E-state index in [2.05, 4.69) is 0 Å². The van der Waals surface area contributed by atoms with E-state index in [1.165, 1.54) is 12.1 Å².